The summed E-state index contributed by atoms with van der Waals surface area (Å²) < 4.78 is 5.22. The summed E-state index contributed by atoms with van der Waals surface area (Å²) in [6.07, 6.45) is -1.12. The number of nitrogens with zero attached hydrogens (tertiary/aromatic N) is 2. The lowest BCUT2D eigenvalue weighted by Crippen LogP contribution is -2.48. The van der Waals surface area contributed by atoms with Crippen molar-refractivity contribution in [3.05, 3.63) is 54.1 Å². The van der Waals surface area contributed by atoms with E-state index >= 15 is 0 Å². The van der Waals surface area contributed by atoms with Crippen molar-refractivity contribution in [2.75, 3.05) is 32.6 Å². The number of likely N-dealkylation sites (N-methyl/N-ethyl adjacent to an activating group) is 1. The van der Waals surface area contributed by atoms with Crippen LogP contribution in [-0.4, -0.2) is 55.8 Å². The molecule has 0 saturated heterocycles. The summed E-state index contributed by atoms with van der Waals surface area (Å²) in [5.41, 5.74) is 1.76. The largest absolute Gasteiger partial charge is 0.497 e. The molecule has 27 heavy (non-hydrogen) atoms. The van der Waals surface area contributed by atoms with Crippen molar-refractivity contribution < 1.29 is 14.6 Å². The Morgan fingerprint density at radius 1 is 1.19 bits per heavy atom. The molecular weight excluding hydrogens is 360 g/mol. The van der Waals surface area contributed by atoms with Gasteiger partial charge in [-0.2, -0.15) is 0 Å². The lowest BCUT2D eigenvalue weighted by atomic mass is 10.0. The minimum atomic E-state index is -1.12. The molecular formula is C21H26N2O3S. The summed E-state index contributed by atoms with van der Waals surface area (Å²) in [7, 11) is 5.58. The molecule has 1 heterocycles. The normalized spacial score (nSPS) is 21.0. The molecule has 3 rings (SSSR count). The van der Waals surface area contributed by atoms with Crippen LogP contribution in [0, 0.1) is 0 Å². The van der Waals surface area contributed by atoms with Crippen LogP contribution in [0.1, 0.15) is 17.7 Å². The number of anilines is 1. The average molecular weight is 387 g/mol. The van der Waals surface area contributed by atoms with E-state index in [2.05, 4.69) is 0 Å². The van der Waals surface area contributed by atoms with Crippen LogP contribution >= 0.6 is 11.8 Å². The monoisotopic (exact) mass is 386 g/mol. The number of methoxy groups -OCH3 is 1. The first kappa shape index (κ1) is 19.7. The number of aliphatic hydroxyl groups is 1. The van der Waals surface area contributed by atoms with Crippen LogP contribution in [0.15, 0.2) is 53.4 Å². The summed E-state index contributed by atoms with van der Waals surface area (Å²) in [5.74, 6) is 0.488. The summed E-state index contributed by atoms with van der Waals surface area (Å²) in [4.78, 5) is 18.0. The highest BCUT2D eigenvalue weighted by Gasteiger charge is 2.39. The third-order valence-electron chi connectivity index (χ3n) is 4.67. The third kappa shape index (κ3) is 4.13. The van der Waals surface area contributed by atoms with Gasteiger partial charge >= 0.3 is 0 Å². The van der Waals surface area contributed by atoms with Gasteiger partial charge < -0.3 is 19.6 Å². The van der Waals surface area contributed by atoms with Gasteiger partial charge in [0.05, 0.1) is 18.0 Å². The van der Waals surface area contributed by atoms with Crippen molar-refractivity contribution in [3.63, 3.8) is 0 Å². The number of ether oxygens (including phenoxy) is 1. The lowest BCUT2D eigenvalue weighted by Gasteiger charge is -2.32. The number of rotatable bonds is 5. The van der Waals surface area contributed by atoms with Crippen LogP contribution in [0.4, 0.5) is 5.69 Å². The fraction of sp³-hybridized carbons (Fsp3) is 0.381. The summed E-state index contributed by atoms with van der Waals surface area (Å²) in [6.45, 7) is 2.73. The van der Waals surface area contributed by atoms with Crippen molar-refractivity contribution in [3.8, 4) is 5.75 Å². The summed E-state index contributed by atoms with van der Waals surface area (Å²) in [6, 6.07) is 15.3. The van der Waals surface area contributed by atoms with Gasteiger partial charge in [0.1, 0.15) is 11.9 Å². The number of hydrogen-bond donors (Lipinski definition) is 1. The molecule has 1 N–H and O–H groups in total. The first-order chi connectivity index (χ1) is 12.9. The van der Waals surface area contributed by atoms with Gasteiger partial charge in [0.2, 0.25) is 0 Å². The maximum absolute atomic E-state index is 13.3. The number of para-hydroxylation sites is 1. The van der Waals surface area contributed by atoms with Gasteiger partial charge in [0, 0.05) is 17.5 Å². The number of fused-ring (bicyclic) bond motifs is 1. The van der Waals surface area contributed by atoms with Crippen molar-refractivity contribution in [1.29, 1.82) is 0 Å². The van der Waals surface area contributed by atoms with Gasteiger partial charge in [-0.05, 0) is 50.8 Å². The molecule has 144 valence electrons. The Morgan fingerprint density at radius 3 is 2.48 bits per heavy atom. The zero-order valence-electron chi connectivity index (χ0n) is 16.1. The topological polar surface area (TPSA) is 53.0 Å². The van der Waals surface area contributed by atoms with E-state index in [1.165, 1.54) is 11.8 Å². The van der Waals surface area contributed by atoms with Crippen molar-refractivity contribution in [2.45, 2.75) is 29.2 Å². The number of amides is 1. The maximum Gasteiger partial charge on any atom is 0.257 e. The van der Waals surface area contributed by atoms with Crippen LogP contribution in [0.3, 0.4) is 0 Å². The van der Waals surface area contributed by atoms with Crippen molar-refractivity contribution >= 4 is 23.4 Å². The Morgan fingerprint density at radius 2 is 1.85 bits per heavy atom. The Balaban J connectivity index is 2.01. The molecule has 5 nitrogen and oxygen atoms in total. The molecule has 3 unspecified atom stereocenters. The molecule has 1 aliphatic rings. The first-order valence-electron chi connectivity index (χ1n) is 8.98. The molecule has 3 atom stereocenters. The van der Waals surface area contributed by atoms with Crippen LogP contribution < -0.4 is 9.64 Å². The minimum Gasteiger partial charge on any atom is -0.497 e. The fourth-order valence-corrected chi connectivity index (χ4v) is 4.71. The average Bonchev–Trinajstić information content (AvgIpc) is 2.76. The van der Waals surface area contributed by atoms with Crippen LogP contribution in [-0.2, 0) is 4.79 Å². The highest BCUT2D eigenvalue weighted by atomic mass is 32.2. The summed E-state index contributed by atoms with van der Waals surface area (Å²) in [5, 5.41) is 10.6. The molecule has 0 bridgehead atoms. The van der Waals surface area contributed by atoms with Gasteiger partial charge in [0.25, 0.3) is 5.91 Å². The number of aliphatic hydroxyl groups excluding tert-OH is 1. The second-order valence-corrected chi connectivity index (χ2v) is 8.23. The Labute approximate surface area is 164 Å². The van der Waals surface area contributed by atoms with E-state index in [4.69, 9.17) is 4.74 Å². The standard InChI is InChI=1S/C21H26N2O3S/c1-14(13-22(2)3)23-17-7-5-6-8-18(17)27-20(19(24)21(23)25)15-9-11-16(26-4)12-10-15/h5-12,14,19-20,24H,13H2,1-4H3. The van der Waals surface area contributed by atoms with Crippen LogP contribution in [0.2, 0.25) is 0 Å². The number of carbonyl (C=O) groups is 1. The molecule has 0 radical (unpaired) electrons. The van der Waals surface area contributed by atoms with Crippen LogP contribution in [0.25, 0.3) is 0 Å². The SMILES string of the molecule is COc1ccc(C2Sc3ccccc3N(C(C)CN(C)C)C(=O)C2O)cc1. The van der Waals surface area contributed by atoms with Gasteiger partial charge in [-0.3, -0.25) is 4.79 Å². The van der Waals surface area contributed by atoms with Crippen LogP contribution in [0.5, 0.6) is 5.75 Å². The number of thioether (sulfide) groups is 1. The number of carbonyl (C=O) groups excluding carboxylic acids is 1. The summed E-state index contributed by atoms with van der Waals surface area (Å²) >= 11 is 1.53. The van der Waals surface area contributed by atoms with Crippen molar-refractivity contribution in [1.82, 2.24) is 4.90 Å². The third-order valence-corrected chi connectivity index (χ3v) is 6.05. The van der Waals surface area contributed by atoms with E-state index in [1.54, 1.807) is 12.0 Å². The van der Waals surface area contributed by atoms with Crippen molar-refractivity contribution in [2.24, 2.45) is 0 Å². The minimum absolute atomic E-state index is 0.0569. The molecule has 0 saturated carbocycles. The Bertz CT molecular complexity index is 794. The van der Waals surface area contributed by atoms with E-state index in [-0.39, 0.29) is 17.2 Å². The molecule has 2 aromatic carbocycles. The molecule has 1 aliphatic heterocycles. The second kappa shape index (κ2) is 8.33. The molecule has 0 fully saturated rings. The van der Waals surface area contributed by atoms with E-state index in [0.717, 1.165) is 21.9 Å². The molecule has 1 amide bonds. The number of benzene rings is 2. The molecule has 6 heteroatoms. The zero-order chi connectivity index (χ0) is 19.6. The predicted molar refractivity (Wildman–Crippen MR) is 110 cm³/mol. The predicted octanol–water partition coefficient (Wildman–Crippen LogP) is 3.19. The quantitative estimate of drug-likeness (QED) is 0.855. The van der Waals surface area contributed by atoms with Gasteiger partial charge in [-0.1, -0.05) is 24.3 Å². The van der Waals surface area contributed by atoms with Gasteiger partial charge in [-0.25, -0.2) is 0 Å². The maximum atomic E-state index is 13.3. The zero-order valence-corrected chi connectivity index (χ0v) is 16.9. The lowest BCUT2D eigenvalue weighted by molar-refractivity contribution is -0.127. The smallest absolute Gasteiger partial charge is 0.257 e. The highest BCUT2D eigenvalue weighted by Crippen LogP contribution is 2.46. The fourth-order valence-electron chi connectivity index (χ4n) is 3.46. The second-order valence-electron chi connectivity index (χ2n) is 7.04. The number of hydrogen-bond acceptors (Lipinski definition) is 5. The molecule has 2 aromatic rings. The first-order valence-corrected chi connectivity index (χ1v) is 9.86. The molecule has 0 aliphatic carbocycles. The highest BCUT2D eigenvalue weighted by molar-refractivity contribution is 7.99. The van der Waals surface area contributed by atoms with E-state index < -0.39 is 6.10 Å². The Kier molecular flexibility index (Phi) is 6.09. The van der Waals surface area contributed by atoms with E-state index in [0.29, 0.717) is 6.54 Å². The van der Waals surface area contributed by atoms with Gasteiger partial charge in [0.15, 0.2) is 0 Å². The van der Waals surface area contributed by atoms with E-state index in [9.17, 15) is 9.90 Å². The van der Waals surface area contributed by atoms with E-state index in [1.807, 2.05) is 74.4 Å². The molecule has 0 spiro atoms. The van der Waals surface area contributed by atoms with Gasteiger partial charge in [-0.15, -0.1) is 11.8 Å². The Hall–Kier alpha value is -2.02. The molecule has 0 aromatic heterocycles.